The fourth-order valence-electron chi connectivity index (χ4n) is 8.76. The highest BCUT2D eigenvalue weighted by Gasteiger charge is 2.51. The lowest BCUT2D eigenvalue weighted by atomic mass is 9.67. The molecule has 2 aliphatic heterocycles. The van der Waals surface area contributed by atoms with Gasteiger partial charge in [0.05, 0.1) is 37.5 Å². The van der Waals surface area contributed by atoms with Crippen molar-refractivity contribution >= 4 is 75.3 Å². The van der Waals surface area contributed by atoms with E-state index in [4.69, 9.17) is 31.5 Å². The Balaban J connectivity index is 0.899. The highest BCUT2D eigenvalue weighted by molar-refractivity contribution is 6.31. The fraction of sp³-hybridized carbons (Fsp3) is 0.440. The topological polar surface area (TPSA) is 249 Å². The number of morpholine rings is 1. The molecule has 0 spiro atoms. The molecule has 1 aromatic heterocycles. The summed E-state index contributed by atoms with van der Waals surface area (Å²) in [6.07, 6.45) is 9.00. The predicted octanol–water partition coefficient (Wildman–Crippen LogP) is 5.14. The molecule has 378 valence electrons. The van der Waals surface area contributed by atoms with Gasteiger partial charge >= 0.3 is 6.03 Å². The van der Waals surface area contributed by atoms with Gasteiger partial charge in [-0.1, -0.05) is 30.2 Å². The minimum Gasteiger partial charge on any atom is -0.493 e. The fourth-order valence-corrected chi connectivity index (χ4v) is 8.94. The van der Waals surface area contributed by atoms with Crippen LogP contribution in [0.15, 0.2) is 73.1 Å². The summed E-state index contributed by atoms with van der Waals surface area (Å²) in [6.45, 7) is 3.83. The van der Waals surface area contributed by atoms with E-state index in [-0.39, 0.29) is 35.8 Å². The first-order valence-electron chi connectivity index (χ1n) is 23.9. The lowest BCUT2D eigenvalue weighted by molar-refractivity contribution is -0.151. The average Bonchev–Trinajstić information content (AvgIpc) is 3.66. The number of carbonyl (C=O) groups excluding carboxylic acids is 6. The number of urea groups is 1. The summed E-state index contributed by atoms with van der Waals surface area (Å²) in [7, 11) is 1.56. The molecule has 1 unspecified atom stereocenters. The zero-order chi connectivity index (χ0) is 50.3. The van der Waals surface area contributed by atoms with Crippen molar-refractivity contribution in [2.75, 3.05) is 70.3 Å². The number of nitrogens with two attached hydrogens (primary N) is 1. The van der Waals surface area contributed by atoms with Crippen molar-refractivity contribution in [3.8, 4) is 11.5 Å². The minimum absolute atomic E-state index is 0.0147. The van der Waals surface area contributed by atoms with Crippen LogP contribution >= 0.6 is 11.6 Å². The van der Waals surface area contributed by atoms with Crippen LogP contribution in [0.25, 0.3) is 10.9 Å². The molecule has 1 saturated heterocycles. The van der Waals surface area contributed by atoms with E-state index in [2.05, 4.69) is 41.5 Å². The number of unbranched alkanes of at least 4 members (excludes halogenated alkanes) is 2. The summed E-state index contributed by atoms with van der Waals surface area (Å²) < 4.78 is 31.6. The quantitative estimate of drug-likeness (QED) is 0.0286. The summed E-state index contributed by atoms with van der Waals surface area (Å²) >= 11 is 6.01. The maximum Gasteiger partial charge on any atom is 0.312 e. The molecule has 19 nitrogen and oxygen atoms in total. The van der Waals surface area contributed by atoms with E-state index in [1.54, 1.807) is 31.4 Å². The number of carbonyl (C=O) groups is 6. The Labute approximate surface area is 415 Å². The minimum atomic E-state index is -1.32. The Kier molecular flexibility index (Phi) is 18.1. The molecular weight excluding hydrogens is 939 g/mol. The van der Waals surface area contributed by atoms with Gasteiger partial charge in [-0.2, -0.15) is 0 Å². The van der Waals surface area contributed by atoms with E-state index < -0.39 is 41.0 Å². The third-order valence-electron chi connectivity index (χ3n) is 12.9. The third-order valence-corrected chi connectivity index (χ3v) is 13.2. The van der Waals surface area contributed by atoms with Crippen LogP contribution in [0, 0.1) is 11.2 Å². The Morgan fingerprint density at radius 2 is 1.66 bits per heavy atom. The molecule has 2 fully saturated rings. The Morgan fingerprint density at radius 1 is 0.901 bits per heavy atom. The number of benzene rings is 3. The molecule has 4 aromatic rings. The van der Waals surface area contributed by atoms with Crippen molar-refractivity contribution in [2.24, 2.45) is 11.1 Å². The van der Waals surface area contributed by atoms with Crippen LogP contribution < -0.4 is 41.8 Å². The molecule has 0 radical (unpaired) electrons. The van der Waals surface area contributed by atoms with Gasteiger partial charge in [0.15, 0.2) is 11.5 Å². The summed E-state index contributed by atoms with van der Waals surface area (Å²) in [4.78, 5) is 88.3. The second-order valence-electron chi connectivity index (χ2n) is 17.7. The highest BCUT2D eigenvalue weighted by Crippen LogP contribution is 2.42. The second-order valence-corrected chi connectivity index (χ2v) is 18.1. The van der Waals surface area contributed by atoms with Gasteiger partial charge in [-0.3, -0.25) is 33.8 Å². The van der Waals surface area contributed by atoms with E-state index >= 15 is 0 Å². The van der Waals surface area contributed by atoms with Gasteiger partial charge in [0, 0.05) is 73.7 Å². The highest BCUT2D eigenvalue weighted by atomic mass is 35.5. The number of primary amides is 1. The molecule has 21 heteroatoms. The van der Waals surface area contributed by atoms with Gasteiger partial charge in [-0.15, -0.1) is 0 Å². The van der Waals surface area contributed by atoms with Gasteiger partial charge in [0.1, 0.15) is 29.4 Å². The number of imide groups is 1. The number of halogens is 2. The Bertz CT molecular complexity index is 2580. The number of fused-ring (bicyclic) bond motifs is 1. The monoisotopic (exact) mass is 998 g/mol. The molecule has 71 heavy (non-hydrogen) atoms. The van der Waals surface area contributed by atoms with Crippen molar-refractivity contribution in [1.82, 2.24) is 35.7 Å². The summed E-state index contributed by atoms with van der Waals surface area (Å²) in [6, 6.07) is 13.8. The van der Waals surface area contributed by atoms with Gasteiger partial charge < -0.3 is 46.5 Å². The summed E-state index contributed by atoms with van der Waals surface area (Å²) in [5.74, 6) is -1.07. The standard InChI is InChI=1S/C50H60ClFN10O9/c1-69-41-29-40-36(45(57-31-56-40)58-34-13-14-38(52)37(51)27-34)28-42(41)71-24-7-21-61-23-25-70-30-35(61)26-32-9-11-33(12-10-32)59-46(65)39(8-5-20-55-49(53)68)60-48(67)50(17-6-18-50)47(66)54-19-3-2-4-22-62-43(63)15-16-44(62)64/h9-16,27-29,31,35,39H,2-8,17-26,30H2,1H3,(H,54,66)(H,59,65)(H,60,67)(H3,53,55,68)(H,56,57,58)/t35?,39-/m0/s1. The normalized spacial score (nSPS) is 16.8. The molecule has 7 N–H and O–H groups in total. The number of rotatable bonds is 25. The first kappa shape index (κ1) is 51.9. The van der Waals surface area contributed by atoms with E-state index in [0.29, 0.717) is 130 Å². The van der Waals surface area contributed by atoms with E-state index in [0.717, 1.165) is 18.7 Å². The molecule has 1 saturated carbocycles. The van der Waals surface area contributed by atoms with Crippen LogP contribution in [0.4, 0.5) is 26.4 Å². The molecule has 7 amide bonds. The number of hydrogen-bond acceptors (Lipinski definition) is 13. The summed E-state index contributed by atoms with van der Waals surface area (Å²) in [5.41, 5.74) is 6.66. The maximum absolute atomic E-state index is 13.8. The maximum atomic E-state index is 13.8. The Hall–Kier alpha value is -6.90. The SMILES string of the molecule is COc1cc2ncnc(Nc3ccc(F)c(Cl)c3)c2cc1OCCCN1CCOCC1Cc1ccc(NC(=O)[C@H](CCCNC(N)=O)NC(=O)C2(C(=O)NCCCCCN3C(=O)C=CC3=O)CCC2)cc1. The van der Waals surface area contributed by atoms with Crippen LogP contribution in [0.2, 0.25) is 5.02 Å². The third kappa shape index (κ3) is 13.7. The number of hydrogen-bond donors (Lipinski definition) is 6. The Morgan fingerprint density at radius 3 is 2.38 bits per heavy atom. The van der Waals surface area contributed by atoms with Gasteiger partial charge in [0.2, 0.25) is 17.7 Å². The zero-order valence-electron chi connectivity index (χ0n) is 39.6. The number of methoxy groups -OCH3 is 1. The van der Waals surface area contributed by atoms with E-state index in [1.165, 1.54) is 35.5 Å². The number of nitrogens with one attached hydrogen (secondary N) is 5. The predicted molar refractivity (Wildman–Crippen MR) is 264 cm³/mol. The molecule has 1 aliphatic carbocycles. The van der Waals surface area contributed by atoms with E-state index in [9.17, 15) is 33.2 Å². The van der Waals surface area contributed by atoms with Crippen LogP contribution in [0.5, 0.6) is 11.5 Å². The van der Waals surface area contributed by atoms with Crippen LogP contribution in [0.3, 0.4) is 0 Å². The summed E-state index contributed by atoms with van der Waals surface area (Å²) in [5, 5.41) is 15.0. The van der Waals surface area contributed by atoms with Crippen molar-refractivity contribution < 1.29 is 47.4 Å². The number of ether oxygens (including phenoxy) is 3. The first-order chi connectivity index (χ1) is 34.3. The molecule has 3 aliphatic rings. The van der Waals surface area contributed by atoms with Crippen LogP contribution in [-0.4, -0.2) is 127 Å². The lowest BCUT2D eigenvalue weighted by Crippen LogP contribution is -2.58. The van der Waals surface area contributed by atoms with Crippen molar-refractivity contribution in [1.29, 1.82) is 0 Å². The average molecular weight is 1000 g/mol. The number of aromatic nitrogens is 2. The number of nitrogens with zero attached hydrogens (tertiary/aromatic N) is 4. The first-order valence-corrected chi connectivity index (χ1v) is 24.3. The van der Waals surface area contributed by atoms with Crippen LogP contribution in [-0.2, 0) is 35.1 Å². The van der Waals surface area contributed by atoms with Gasteiger partial charge in [0.25, 0.3) is 11.8 Å². The molecule has 3 heterocycles. The van der Waals surface area contributed by atoms with Gasteiger partial charge in [-0.25, -0.2) is 19.2 Å². The van der Waals surface area contributed by atoms with Gasteiger partial charge in [-0.05, 0) is 99.7 Å². The molecule has 2 atom stereocenters. The van der Waals surface area contributed by atoms with Crippen LogP contribution in [0.1, 0.15) is 63.4 Å². The molecular formula is C50H60ClFN10O9. The number of anilines is 3. The van der Waals surface area contributed by atoms with E-state index in [1.807, 2.05) is 18.2 Å². The second kappa shape index (κ2) is 24.8. The molecule has 7 rings (SSSR count). The molecule has 0 bridgehead atoms. The van der Waals surface area contributed by atoms with Crippen molar-refractivity contribution in [2.45, 2.75) is 76.3 Å². The number of amides is 7. The molecule has 3 aromatic carbocycles. The van der Waals surface area contributed by atoms with Crippen molar-refractivity contribution in [3.63, 3.8) is 0 Å². The lowest BCUT2D eigenvalue weighted by Gasteiger charge is -2.39. The largest absolute Gasteiger partial charge is 0.493 e. The smallest absolute Gasteiger partial charge is 0.312 e. The zero-order valence-corrected chi connectivity index (χ0v) is 40.4. The van der Waals surface area contributed by atoms with Crippen molar-refractivity contribution in [3.05, 3.63) is 89.5 Å².